The summed E-state index contributed by atoms with van der Waals surface area (Å²) in [5, 5.41) is 0.218. The van der Waals surface area contributed by atoms with E-state index < -0.39 is 38.4 Å². The van der Waals surface area contributed by atoms with Gasteiger partial charge in [-0.3, -0.25) is 0 Å². The molecule has 78 valence electrons. The van der Waals surface area contributed by atoms with Gasteiger partial charge < -0.3 is 14.2 Å². The fourth-order valence-corrected chi connectivity index (χ4v) is 1.28. The van der Waals surface area contributed by atoms with Gasteiger partial charge in [-0.15, -0.1) is 0 Å². The van der Waals surface area contributed by atoms with E-state index in [-0.39, 0.29) is 5.33 Å². The highest BCUT2D eigenvalue weighted by Crippen LogP contribution is 2.38. The average Bonchev–Trinajstić information content (AvgIpc) is 2.27. The molecule has 0 N–H and O–H groups in total. The summed E-state index contributed by atoms with van der Waals surface area (Å²) < 4.78 is 78.3. The Bertz CT molecular complexity index is 513. The number of halogens is 1. The van der Waals surface area contributed by atoms with Crippen molar-refractivity contribution in [3.05, 3.63) is 17.7 Å². The summed E-state index contributed by atoms with van der Waals surface area (Å²) in [4.78, 5) is 0. The van der Waals surface area contributed by atoms with Crippen LogP contribution >= 0.6 is 15.9 Å². The lowest BCUT2D eigenvalue weighted by Crippen LogP contribution is -1.96. The van der Waals surface area contributed by atoms with Crippen molar-refractivity contribution < 1.29 is 26.5 Å². The Morgan fingerprint density at radius 3 is 2.14 bits per heavy atom. The van der Waals surface area contributed by atoms with E-state index in [9.17, 15) is 0 Å². The highest BCUT2D eigenvalue weighted by molar-refractivity contribution is 9.08. The molecule has 14 heavy (non-hydrogen) atoms. The Morgan fingerprint density at radius 1 is 1.14 bits per heavy atom. The van der Waals surface area contributed by atoms with Crippen molar-refractivity contribution in [3.8, 4) is 17.2 Å². The van der Waals surface area contributed by atoms with Crippen LogP contribution in [0.5, 0.6) is 17.2 Å². The van der Waals surface area contributed by atoms with Crippen LogP contribution in [0.3, 0.4) is 0 Å². The molecule has 0 aliphatic carbocycles. The van der Waals surface area contributed by atoms with Crippen molar-refractivity contribution in [2.75, 3.05) is 21.1 Å². The van der Waals surface area contributed by atoms with E-state index in [1.165, 1.54) is 12.1 Å². The average molecular weight is 270 g/mol. The van der Waals surface area contributed by atoms with Crippen molar-refractivity contribution in [1.29, 1.82) is 0 Å². The third-order valence-corrected chi connectivity index (χ3v) is 2.20. The molecule has 0 aliphatic rings. The molecule has 0 unspecified atom stereocenters. The molecule has 0 heterocycles. The number of ether oxygens (including phenoxy) is 3. The van der Waals surface area contributed by atoms with E-state index in [0.29, 0.717) is 5.56 Å². The van der Waals surface area contributed by atoms with Gasteiger partial charge in [-0.1, -0.05) is 15.9 Å². The van der Waals surface area contributed by atoms with Crippen LogP contribution in [0.1, 0.15) is 17.9 Å². The van der Waals surface area contributed by atoms with Gasteiger partial charge in [0.1, 0.15) is 0 Å². The lowest BCUT2D eigenvalue weighted by molar-refractivity contribution is 0.324. The van der Waals surface area contributed by atoms with Crippen LogP contribution in [0.15, 0.2) is 12.1 Å². The lowest BCUT2D eigenvalue weighted by atomic mass is 10.2. The maximum atomic E-state index is 7.13. The fraction of sp³-hybridized carbons (Fsp3) is 0.400. The molecule has 0 aromatic heterocycles. The largest absolute Gasteiger partial charge is 0.493 e. The summed E-state index contributed by atoms with van der Waals surface area (Å²) in [6, 6.07) is 2.43. The molecule has 0 aliphatic heterocycles. The Morgan fingerprint density at radius 2 is 1.71 bits per heavy atom. The molecule has 0 radical (unpaired) electrons. The zero-order valence-corrected chi connectivity index (χ0v) is 8.55. The minimum absolute atomic E-state index is 0.218. The predicted octanol–water partition coefficient (Wildman–Crippen LogP) is 2.61. The van der Waals surface area contributed by atoms with Crippen LogP contribution in [0, 0.1) is 0 Å². The van der Waals surface area contributed by atoms with Crippen LogP contribution in [-0.4, -0.2) is 21.1 Å². The van der Waals surface area contributed by atoms with Gasteiger partial charge in [0.2, 0.25) is 5.75 Å². The molecule has 1 aromatic rings. The van der Waals surface area contributed by atoms with Gasteiger partial charge in [-0.2, -0.15) is 0 Å². The predicted molar refractivity (Wildman–Crippen MR) is 58.7 cm³/mol. The monoisotopic (exact) mass is 269 g/mol. The minimum Gasteiger partial charge on any atom is -0.493 e. The maximum absolute atomic E-state index is 7.13. The lowest BCUT2D eigenvalue weighted by Gasteiger charge is -2.13. The summed E-state index contributed by atoms with van der Waals surface area (Å²) >= 11 is 3.13. The topological polar surface area (TPSA) is 27.7 Å². The minimum atomic E-state index is -2.96. The summed E-state index contributed by atoms with van der Waals surface area (Å²) in [7, 11) is -8.75. The van der Waals surface area contributed by atoms with E-state index in [2.05, 4.69) is 20.7 Å². The van der Waals surface area contributed by atoms with Crippen molar-refractivity contribution in [2.45, 2.75) is 5.33 Å². The molecule has 0 amide bonds. The number of rotatable bonds is 4. The van der Waals surface area contributed by atoms with E-state index in [4.69, 9.17) is 21.8 Å². The Balaban J connectivity index is 3.47. The second-order valence-electron chi connectivity index (χ2n) is 2.36. The summed E-state index contributed by atoms with van der Waals surface area (Å²) in [6.45, 7) is 0. The Hall–Kier alpha value is -0.900. The summed E-state index contributed by atoms with van der Waals surface area (Å²) in [6.07, 6.45) is 0. The molecule has 0 saturated heterocycles. The van der Waals surface area contributed by atoms with Crippen LogP contribution in [0.25, 0.3) is 0 Å². The molecule has 1 rings (SSSR count). The van der Waals surface area contributed by atoms with Gasteiger partial charge in [0, 0.05) is 5.33 Å². The highest BCUT2D eigenvalue weighted by atomic mass is 79.9. The second kappa shape index (κ2) is 5.10. The first-order valence-corrected chi connectivity index (χ1v) is 4.62. The third-order valence-electron chi connectivity index (χ3n) is 1.56. The number of hydrogen-bond donors (Lipinski definition) is 0. The molecule has 0 atom stereocenters. The number of alkyl halides is 1. The molecule has 3 nitrogen and oxygen atoms in total. The van der Waals surface area contributed by atoms with Crippen LogP contribution < -0.4 is 14.2 Å². The first-order chi connectivity index (χ1) is 10.2. The van der Waals surface area contributed by atoms with Crippen molar-refractivity contribution in [3.63, 3.8) is 0 Å². The van der Waals surface area contributed by atoms with Crippen molar-refractivity contribution in [2.24, 2.45) is 0 Å². The van der Waals surface area contributed by atoms with Gasteiger partial charge in [0.15, 0.2) is 11.5 Å². The maximum Gasteiger partial charge on any atom is 0.203 e. The molecule has 0 saturated carbocycles. The second-order valence-corrected chi connectivity index (χ2v) is 2.92. The van der Waals surface area contributed by atoms with Gasteiger partial charge in [-0.25, -0.2) is 0 Å². The standard InChI is InChI=1S/C10H13BrO3/c1-12-8-4-7(6-11)5-9(13-2)10(8)14-3/h4-5H,6H2,1-3H3/i1D3,2D3,3D3. The first-order valence-electron chi connectivity index (χ1n) is 8.00. The number of benzene rings is 1. The van der Waals surface area contributed by atoms with E-state index in [0.717, 1.165) is 0 Å². The van der Waals surface area contributed by atoms with Crippen LogP contribution in [0.4, 0.5) is 0 Å². The van der Waals surface area contributed by atoms with Crippen LogP contribution in [-0.2, 0) is 5.33 Å². The third kappa shape index (κ3) is 2.12. The quantitative estimate of drug-likeness (QED) is 0.787. The highest BCUT2D eigenvalue weighted by Gasteiger charge is 2.12. The molecule has 0 spiro atoms. The zero-order chi connectivity index (χ0) is 18.1. The number of hydrogen-bond acceptors (Lipinski definition) is 3. The fourth-order valence-electron chi connectivity index (χ4n) is 0.960. The molecule has 0 fully saturated rings. The zero-order valence-electron chi connectivity index (χ0n) is 16.0. The molecule has 4 heteroatoms. The molecule has 1 aromatic carbocycles. The van der Waals surface area contributed by atoms with Crippen LogP contribution in [0.2, 0.25) is 0 Å². The van der Waals surface area contributed by atoms with Gasteiger partial charge in [0.05, 0.1) is 33.5 Å². The number of methoxy groups -OCH3 is 3. The van der Waals surface area contributed by atoms with E-state index >= 15 is 0 Å². The Kier molecular flexibility index (Phi) is 1.43. The smallest absolute Gasteiger partial charge is 0.203 e. The normalized spacial score (nSPS) is 21.9. The van der Waals surface area contributed by atoms with E-state index in [1.54, 1.807) is 0 Å². The van der Waals surface area contributed by atoms with Gasteiger partial charge >= 0.3 is 0 Å². The van der Waals surface area contributed by atoms with Crippen molar-refractivity contribution in [1.82, 2.24) is 0 Å². The van der Waals surface area contributed by atoms with Gasteiger partial charge in [0.25, 0.3) is 0 Å². The summed E-state index contributed by atoms with van der Waals surface area (Å²) in [5.41, 5.74) is 0.404. The van der Waals surface area contributed by atoms with Gasteiger partial charge in [-0.05, 0) is 17.7 Å². The first kappa shape index (κ1) is 3.93. The molecular formula is C10H13BrO3. The summed E-state index contributed by atoms with van der Waals surface area (Å²) in [5.74, 6) is -1.54. The SMILES string of the molecule is [2H]C([2H])([2H])Oc1cc(CBr)cc(OC([2H])([2H])[2H])c1OC([2H])([2H])[2H]. The van der Waals surface area contributed by atoms with Crippen molar-refractivity contribution >= 4 is 15.9 Å². The molecular weight excluding hydrogens is 248 g/mol. The van der Waals surface area contributed by atoms with E-state index in [1.807, 2.05) is 0 Å². The molecule has 0 bridgehead atoms. The Labute approximate surface area is 105 Å².